The van der Waals surface area contributed by atoms with Crippen molar-refractivity contribution in [3.05, 3.63) is 88.7 Å². The molecule has 0 fully saturated rings. The Kier molecular flexibility index (Phi) is 6.44. The van der Waals surface area contributed by atoms with Gasteiger partial charge in [0.25, 0.3) is 5.56 Å². The van der Waals surface area contributed by atoms with Gasteiger partial charge in [0.15, 0.2) is 4.80 Å². The molecule has 0 saturated carbocycles. The number of esters is 2. The molecule has 0 aliphatic carbocycles. The van der Waals surface area contributed by atoms with Gasteiger partial charge in [-0.05, 0) is 56.0 Å². The van der Waals surface area contributed by atoms with Crippen molar-refractivity contribution in [3.8, 4) is 0 Å². The molecule has 0 bridgehead atoms. The zero-order chi connectivity index (χ0) is 23.7. The molecule has 1 aliphatic heterocycles. The van der Waals surface area contributed by atoms with Crippen LogP contribution in [-0.2, 0) is 14.3 Å². The molecule has 170 valence electrons. The van der Waals surface area contributed by atoms with Crippen LogP contribution >= 0.6 is 22.7 Å². The van der Waals surface area contributed by atoms with Crippen LogP contribution in [0.3, 0.4) is 0 Å². The SMILES string of the molecule is COC(=O)c1ccc(/C=c2/sc3n(c2=O)C(c2cccs2)C(C(=O)OC(C)C)=C(C)N=3)cc1. The average Bonchev–Trinajstić information content (AvgIpc) is 3.41. The van der Waals surface area contributed by atoms with E-state index in [2.05, 4.69) is 4.99 Å². The van der Waals surface area contributed by atoms with Crippen molar-refractivity contribution in [1.29, 1.82) is 0 Å². The molecular formula is C24H22N2O5S2. The number of nitrogens with zero attached hydrogens (tertiary/aromatic N) is 2. The summed E-state index contributed by atoms with van der Waals surface area (Å²) in [7, 11) is 1.33. The van der Waals surface area contributed by atoms with Gasteiger partial charge in [-0.25, -0.2) is 14.6 Å². The lowest BCUT2D eigenvalue weighted by atomic mass is 10.0. The highest BCUT2D eigenvalue weighted by Crippen LogP contribution is 2.33. The second-order valence-electron chi connectivity index (χ2n) is 7.66. The molecule has 0 saturated heterocycles. The maximum atomic E-state index is 13.5. The molecule has 1 aromatic carbocycles. The molecule has 9 heteroatoms. The van der Waals surface area contributed by atoms with Crippen LogP contribution in [-0.4, -0.2) is 29.7 Å². The van der Waals surface area contributed by atoms with Crippen molar-refractivity contribution in [2.75, 3.05) is 7.11 Å². The van der Waals surface area contributed by atoms with E-state index in [9.17, 15) is 14.4 Å². The Bertz CT molecular complexity index is 1410. The summed E-state index contributed by atoms with van der Waals surface area (Å²) in [5, 5.41) is 1.91. The number of thiophene rings is 1. The molecule has 1 aliphatic rings. The standard InChI is InChI=1S/C24H22N2O5S2/c1-13(2)31-23(29)19-14(3)25-24-26(20(19)17-6-5-11-32-17)21(27)18(33-24)12-15-7-9-16(10-8-15)22(28)30-4/h5-13,20H,1-4H3/b18-12+. The van der Waals surface area contributed by atoms with E-state index in [1.54, 1.807) is 55.7 Å². The molecule has 4 rings (SSSR count). The summed E-state index contributed by atoms with van der Waals surface area (Å²) in [4.78, 5) is 44.1. The Labute approximate surface area is 197 Å². The zero-order valence-corrected chi connectivity index (χ0v) is 20.2. The number of methoxy groups -OCH3 is 1. The van der Waals surface area contributed by atoms with E-state index in [0.717, 1.165) is 10.4 Å². The van der Waals surface area contributed by atoms with Crippen molar-refractivity contribution in [3.63, 3.8) is 0 Å². The number of ether oxygens (including phenoxy) is 2. The Hall–Kier alpha value is -3.30. The van der Waals surface area contributed by atoms with Crippen LogP contribution in [0.4, 0.5) is 0 Å². The minimum absolute atomic E-state index is 0.239. The molecule has 7 nitrogen and oxygen atoms in total. The quantitative estimate of drug-likeness (QED) is 0.522. The summed E-state index contributed by atoms with van der Waals surface area (Å²) >= 11 is 2.73. The average molecular weight is 483 g/mol. The molecule has 3 aromatic rings. The van der Waals surface area contributed by atoms with Crippen molar-refractivity contribution in [2.45, 2.75) is 32.9 Å². The predicted molar refractivity (Wildman–Crippen MR) is 127 cm³/mol. The Morgan fingerprint density at radius 1 is 1.15 bits per heavy atom. The van der Waals surface area contributed by atoms with Gasteiger partial charge in [-0.2, -0.15) is 0 Å². The van der Waals surface area contributed by atoms with Crippen molar-refractivity contribution in [2.24, 2.45) is 4.99 Å². The largest absolute Gasteiger partial charge is 0.465 e. The van der Waals surface area contributed by atoms with Crippen LogP contribution in [0.1, 0.15) is 47.6 Å². The first-order valence-electron chi connectivity index (χ1n) is 10.3. The fourth-order valence-electron chi connectivity index (χ4n) is 3.56. The van der Waals surface area contributed by atoms with Crippen LogP contribution in [0.25, 0.3) is 6.08 Å². The number of carbonyl (C=O) groups excluding carboxylic acids is 2. The molecular weight excluding hydrogens is 460 g/mol. The van der Waals surface area contributed by atoms with Crippen molar-refractivity contribution >= 4 is 40.7 Å². The molecule has 3 heterocycles. The van der Waals surface area contributed by atoms with Gasteiger partial charge < -0.3 is 9.47 Å². The van der Waals surface area contributed by atoms with E-state index in [1.807, 2.05) is 17.5 Å². The number of fused-ring (bicyclic) bond motifs is 1. The van der Waals surface area contributed by atoms with Crippen molar-refractivity contribution < 1.29 is 19.1 Å². The van der Waals surface area contributed by atoms with Gasteiger partial charge in [0.05, 0.1) is 34.6 Å². The van der Waals surface area contributed by atoms with Crippen molar-refractivity contribution in [1.82, 2.24) is 4.57 Å². The van der Waals surface area contributed by atoms with Crippen LogP contribution in [0.5, 0.6) is 0 Å². The smallest absolute Gasteiger partial charge is 0.338 e. The normalized spacial score (nSPS) is 15.9. The van der Waals surface area contributed by atoms with E-state index in [0.29, 0.717) is 26.2 Å². The minimum Gasteiger partial charge on any atom is -0.465 e. The zero-order valence-electron chi connectivity index (χ0n) is 18.5. The highest BCUT2D eigenvalue weighted by atomic mass is 32.1. The van der Waals surface area contributed by atoms with Crippen LogP contribution in [0, 0.1) is 0 Å². The third-order valence-electron chi connectivity index (χ3n) is 5.03. The van der Waals surface area contributed by atoms with Gasteiger partial charge in [0.1, 0.15) is 6.04 Å². The summed E-state index contributed by atoms with van der Waals surface area (Å²) in [6, 6.07) is 9.98. The van der Waals surface area contributed by atoms with Gasteiger partial charge in [-0.15, -0.1) is 11.3 Å². The number of hydrogen-bond acceptors (Lipinski definition) is 8. The number of rotatable bonds is 5. The summed E-state index contributed by atoms with van der Waals surface area (Å²) in [6.07, 6.45) is 1.46. The highest BCUT2D eigenvalue weighted by molar-refractivity contribution is 7.10. The number of thiazole rings is 1. The van der Waals surface area contributed by atoms with Crippen LogP contribution < -0.4 is 14.9 Å². The van der Waals surface area contributed by atoms with Gasteiger partial charge in [-0.1, -0.05) is 29.5 Å². The Balaban J connectivity index is 1.84. The second-order valence-corrected chi connectivity index (χ2v) is 9.65. The number of hydrogen-bond donors (Lipinski definition) is 0. The second kappa shape index (κ2) is 9.29. The number of benzene rings is 1. The lowest BCUT2D eigenvalue weighted by molar-refractivity contribution is -0.143. The third kappa shape index (κ3) is 4.46. The Morgan fingerprint density at radius 2 is 1.88 bits per heavy atom. The van der Waals surface area contributed by atoms with Gasteiger partial charge in [-0.3, -0.25) is 9.36 Å². The number of carbonyl (C=O) groups is 2. The summed E-state index contributed by atoms with van der Waals surface area (Å²) in [5.41, 5.74) is 1.85. The molecule has 0 spiro atoms. The lowest BCUT2D eigenvalue weighted by Gasteiger charge is -2.24. The minimum atomic E-state index is -0.601. The van der Waals surface area contributed by atoms with Gasteiger partial charge in [0, 0.05) is 4.88 Å². The molecule has 0 N–H and O–H groups in total. The van der Waals surface area contributed by atoms with Gasteiger partial charge in [0.2, 0.25) is 0 Å². The first-order chi connectivity index (χ1) is 15.8. The molecule has 0 amide bonds. The first kappa shape index (κ1) is 22.9. The molecule has 33 heavy (non-hydrogen) atoms. The number of allylic oxidation sites excluding steroid dienone is 1. The molecule has 2 aromatic heterocycles. The monoisotopic (exact) mass is 482 g/mol. The van der Waals surface area contributed by atoms with E-state index >= 15 is 0 Å². The summed E-state index contributed by atoms with van der Waals surface area (Å²) in [5.74, 6) is -0.898. The summed E-state index contributed by atoms with van der Waals surface area (Å²) in [6.45, 7) is 5.34. The van der Waals surface area contributed by atoms with Crippen LogP contribution in [0.15, 0.2) is 62.8 Å². The van der Waals surface area contributed by atoms with E-state index in [-0.39, 0.29) is 11.7 Å². The maximum Gasteiger partial charge on any atom is 0.338 e. The van der Waals surface area contributed by atoms with E-state index < -0.39 is 18.0 Å². The summed E-state index contributed by atoms with van der Waals surface area (Å²) < 4.78 is 12.2. The fraction of sp³-hybridized carbons (Fsp3) is 0.250. The third-order valence-corrected chi connectivity index (χ3v) is 6.93. The Morgan fingerprint density at radius 3 is 2.48 bits per heavy atom. The fourth-order valence-corrected chi connectivity index (χ4v) is 5.43. The molecule has 0 radical (unpaired) electrons. The maximum absolute atomic E-state index is 13.5. The van der Waals surface area contributed by atoms with E-state index in [4.69, 9.17) is 9.47 Å². The van der Waals surface area contributed by atoms with Gasteiger partial charge >= 0.3 is 11.9 Å². The lowest BCUT2D eigenvalue weighted by Crippen LogP contribution is -2.39. The number of aromatic nitrogens is 1. The first-order valence-corrected chi connectivity index (χ1v) is 11.9. The topological polar surface area (TPSA) is 87.0 Å². The molecule has 1 unspecified atom stereocenters. The molecule has 1 atom stereocenters. The highest BCUT2D eigenvalue weighted by Gasteiger charge is 2.34. The predicted octanol–water partition coefficient (Wildman–Crippen LogP) is 3.03. The van der Waals surface area contributed by atoms with E-state index in [1.165, 1.54) is 29.8 Å². The van der Waals surface area contributed by atoms with Crippen LogP contribution in [0.2, 0.25) is 0 Å².